The maximum Gasteiger partial charge on any atom is 0.141 e. The summed E-state index contributed by atoms with van der Waals surface area (Å²) in [6.45, 7) is 4.61. The highest BCUT2D eigenvalue weighted by Crippen LogP contribution is 2.53. The van der Waals surface area contributed by atoms with Gasteiger partial charge in [-0.2, -0.15) is 5.26 Å². The van der Waals surface area contributed by atoms with Crippen LogP contribution in [0.2, 0.25) is 0 Å². The fourth-order valence-electron chi connectivity index (χ4n) is 5.45. The Morgan fingerprint density at radius 3 is 1.81 bits per heavy atom. The van der Waals surface area contributed by atoms with Crippen molar-refractivity contribution >= 4 is 17.1 Å². The van der Waals surface area contributed by atoms with Crippen LogP contribution in [-0.2, 0) is 5.41 Å². The van der Waals surface area contributed by atoms with E-state index in [2.05, 4.69) is 121 Å². The van der Waals surface area contributed by atoms with Gasteiger partial charge in [0.1, 0.15) is 11.8 Å². The Balaban J connectivity index is 1.61. The van der Waals surface area contributed by atoms with E-state index in [0.717, 1.165) is 27.9 Å². The van der Waals surface area contributed by atoms with Gasteiger partial charge in [0.15, 0.2) is 0 Å². The van der Waals surface area contributed by atoms with E-state index < -0.39 is 0 Å². The van der Waals surface area contributed by atoms with Crippen LogP contribution in [0, 0.1) is 11.3 Å². The molecule has 172 valence electrons. The number of hydrogen-bond donors (Lipinski definition) is 0. The molecule has 3 heteroatoms. The molecule has 1 aliphatic rings. The smallest absolute Gasteiger partial charge is 0.141 e. The number of para-hydroxylation sites is 3. The molecule has 0 bridgehead atoms. The van der Waals surface area contributed by atoms with Crippen LogP contribution in [0.3, 0.4) is 0 Å². The summed E-state index contributed by atoms with van der Waals surface area (Å²) in [5.41, 5.74) is 10.7. The van der Waals surface area contributed by atoms with Crippen LogP contribution in [0.4, 0.5) is 17.1 Å². The van der Waals surface area contributed by atoms with E-state index in [-0.39, 0.29) is 5.41 Å². The van der Waals surface area contributed by atoms with Crippen LogP contribution < -0.4 is 4.90 Å². The van der Waals surface area contributed by atoms with E-state index >= 15 is 0 Å². The van der Waals surface area contributed by atoms with Gasteiger partial charge in [0.05, 0.1) is 17.1 Å². The molecule has 0 amide bonds. The highest BCUT2D eigenvalue weighted by molar-refractivity contribution is 5.96. The second kappa shape index (κ2) is 8.52. The van der Waals surface area contributed by atoms with Crippen molar-refractivity contribution in [1.29, 1.82) is 5.26 Å². The van der Waals surface area contributed by atoms with Crippen LogP contribution in [0.5, 0.6) is 0 Å². The standard InChI is InChI=1S/C33H25N3/c1-33(2)28-14-6-9-17-31(28)36(32-18-10-7-15-29(32)33)30-16-8-5-13-27(30)26-12-4-3-11-25(26)23-19-20-35-24(21-23)22-34/h3-21H,1-2H3. The van der Waals surface area contributed by atoms with Crippen molar-refractivity contribution in [1.82, 2.24) is 4.98 Å². The van der Waals surface area contributed by atoms with Crippen LogP contribution in [0.1, 0.15) is 30.7 Å². The molecule has 0 spiro atoms. The fraction of sp³-hybridized carbons (Fsp3) is 0.0909. The summed E-state index contributed by atoms with van der Waals surface area (Å²) in [6, 6.07) is 40.4. The first-order chi connectivity index (χ1) is 17.6. The largest absolute Gasteiger partial charge is 0.309 e. The van der Waals surface area contributed by atoms with Gasteiger partial charge < -0.3 is 4.90 Å². The first-order valence-corrected chi connectivity index (χ1v) is 12.1. The molecule has 0 N–H and O–H groups in total. The van der Waals surface area contributed by atoms with Crippen LogP contribution in [-0.4, -0.2) is 4.98 Å². The number of nitriles is 1. The minimum absolute atomic E-state index is 0.110. The quantitative estimate of drug-likeness (QED) is 0.270. The summed E-state index contributed by atoms with van der Waals surface area (Å²) >= 11 is 0. The molecule has 1 aromatic heterocycles. The minimum atomic E-state index is -0.110. The molecular formula is C33H25N3. The molecule has 6 rings (SSSR count). The number of fused-ring (bicyclic) bond motifs is 2. The normalized spacial score (nSPS) is 13.4. The lowest BCUT2D eigenvalue weighted by Crippen LogP contribution is -2.30. The summed E-state index contributed by atoms with van der Waals surface area (Å²) in [5.74, 6) is 0. The van der Waals surface area contributed by atoms with E-state index in [9.17, 15) is 5.26 Å². The van der Waals surface area contributed by atoms with E-state index in [0.29, 0.717) is 5.69 Å². The Kier molecular flexibility index (Phi) is 5.16. The van der Waals surface area contributed by atoms with Crippen molar-refractivity contribution in [3.05, 3.63) is 132 Å². The zero-order chi connectivity index (χ0) is 24.7. The van der Waals surface area contributed by atoms with E-state index in [4.69, 9.17) is 0 Å². The van der Waals surface area contributed by atoms with Gasteiger partial charge in [-0.05, 0) is 58.1 Å². The summed E-state index contributed by atoms with van der Waals surface area (Å²) in [6.07, 6.45) is 1.70. The van der Waals surface area contributed by atoms with Crippen molar-refractivity contribution in [2.45, 2.75) is 19.3 Å². The fourth-order valence-corrected chi connectivity index (χ4v) is 5.45. The van der Waals surface area contributed by atoms with Gasteiger partial charge in [0.2, 0.25) is 0 Å². The third-order valence-electron chi connectivity index (χ3n) is 7.18. The molecular weight excluding hydrogens is 438 g/mol. The van der Waals surface area contributed by atoms with E-state index in [1.165, 1.54) is 22.5 Å². The number of aromatic nitrogens is 1. The molecule has 0 saturated carbocycles. The first-order valence-electron chi connectivity index (χ1n) is 12.1. The van der Waals surface area contributed by atoms with Crippen LogP contribution >= 0.6 is 0 Å². The maximum atomic E-state index is 9.42. The Labute approximate surface area is 211 Å². The average molecular weight is 464 g/mol. The molecule has 0 unspecified atom stereocenters. The van der Waals surface area contributed by atoms with Gasteiger partial charge in [0.25, 0.3) is 0 Å². The highest BCUT2D eigenvalue weighted by atomic mass is 15.2. The zero-order valence-corrected chi connectivity index (χ0v) is 20.3. The molecule has 1 aliphatic heterocycles. The first kappa shape index (κ1) is 21.8. The van der Waals surface area contributed by atoms with Gasteiger partial charge in [-0.3, -0.25) is 0 Å². The number of nitrogens with zero attached hydrogens (tertiary/aromatic N) is 3. The van der Waals surface area contributed by atoms with Crippen LogP contribution in [0.15, 0.2) is 115 Å². The summed E-state index contributed by atoms with van der Waals surface area (Å²) in [4.78, 5) is 6.57. The van der Waals surface area contributed by atoms with E-state index in [1.54, 1.807) is 6.20 Å². The molecule has 0 atom stereocenters. The van der Waals surface area contributed by atoms with Gasteiger partial charge >= 0.3 is 0 Å². The van der Waals surface area contributed by atoms with Crippen LogP contribution in [0.25, 0.3) is 22.3 Å². The predicted molar refractivity (Wildman–Crippen MR) is 147 cm³/mol. The topological polar surface area (TPSA) is 39.9 Å². The summed E-state index contributed by atoms with van der Waals surface area (Å²) in [5, 5.41) is 9.42. The van der Waals surface area contributed by atoms with Gasteiger partial charge in [0, 0.05) is 17.2 Å². The zero-order valence-electron chi connectivity index (χ0n) is 20.3. The summed E-state index contributed by atoms with van der Waals surface area (Å²) in [7, 11) is 0. The average Bonchev–Trinajstić information content (AvgIpc) is 2.94. The maximum absolute atomic E-state index is 9.42. The number of hydrogen-bond acceptors (Lipinski definition) is 3. The molecule has 2 heterocycles. The SMILES string of the molecule is CC1(C)c2ccccc2N(c2ccccc2-c2ccccc2-c2ccnc(C#N)c2)c2ccccc21. The Morgan fingerprint density at radius 1 is 0.639 bits per heavy atom. The van der Waals surface area contributed by atoms with Crippen molar-refractivity contribution in [2.75, 3.05) is 4.90 Å². The van der Waals surface area contributed by atoms with Gasteiger partial charge in [-0.15, -0.1) is 0 Å². The molecule has 4 aromatic carbocycles. The monoisotopic (exact) mass is 463 g/mol. The Hall–Kier alpha value is -4.68. The van der Waals surface area contributed by atoms with Gasteiger partial charge in [-0.25, -0.2) is 4.98 Å². The van der Waals surface area contributed by atoms with E-state index in [1.807, 2.05) is 18.2 Å². The minimum Gasteiger partial charge on any atom is -0.309 e. The van der Waals surface area contributed by atoms with Crippen molar-refractivity contribution in [3.8, 4) is 28.3 Å². The number of anilines is 3. The van der Waals surface area contributed by atoms with Gasteiger partial charge in [-0.1, -0.05) is 92.7 Å². The second-order valence-electron chi connectivity index (χ2n) is 9.60. The number of rotatable bonds is 3. The van der Waals surface area contributed by atoms with Crippen molar-refractivity contribution < 1.29 is 0 Å². The molecule has 3 nitrogen and oxygen atoms in total. The number of benzene rings is 4. The predicted octanol–water partition coefficient (Wildman–Crippen LogP) is 8.40. The highest BCUT2D eigenvalue weighted by Gasteiger charge is 2.37. The molecule has 5 aromatic rings. The number of pyridine rings is 1. The van der Waals surface area contributed by atoms with Crippen molar-refractivity contribution in [3.63, 3.8) is 0 Å². The lowest BCUT2D eigenvalue weighted by Gasteiger charge is -2.42. The molecule has 36 heavy (non-hydrogen) atoms. The third-order valence-corrected chi connectivity index (χ3v) is 7.18. The third kappa shape index (κ3) is 3.39. The Bertz CT molecular complexity index is 1590. The molecule has 0 radical (unpaired) electrons. The second-order valence-corrected chi connectivity index (χ2v) is 9.60. The lowest BCUT2D eigenvalue weighted by atomic mass is 9.73. The molecule has 0 saturated heterocycles. The lowest BCUT2D eigenvalue weighted by molar-refractivity contribution is 0.632. The molecule has 0 fully saturated rings. The Morgan fingerprint density at radius 2 is 1.17 bits per heavy atom. The van der Waals surface area contributed by atoms with Crippen molar-refractivity contribution in [2.24, 2.45) is 0 Å². The molecule has 0 aliphatic carbocycles. The summed E-state index contributed by atoms with van der Waals surface area (Å²) < 4.78 is 0.